The Bertz CT molecular complexity index is 863. The monoisotopic (exact) mass is 422 g/mol. The zero-order chi connectivity index (χ0) is 21.5. The van der Waals surface area contributed by atoms with Crippen LogP contribution in [-0.2, 0) is 22.5 Å². The molecule has 31 heavy (non-hydrogen) atoms. The third-order valence-electron chi connectivity index (χ3n) is 6.58. The molecular weight excluding hydrogens is 388 g/mol. The Hall–Kier alpha value is -2.37. The highest BCUT2D eigenvalue weighted by molar-refractivity contribution is 5.84. The SMILES string of the molecule is CN(CCOc1cccc(CNC(=O)C2CCCc3ccccc32)c1)C1CCOCC1. The molecule has 4 rings (SSSR count). The minimum absolute atomic E-state index is 0.0369. The summed E-state index contributed by atoms with van der Waals surface area (Å²) in [5.41, 5.74) is 3.57. The molecule has 166 valence electrons. The standard InChI is InChI=1S/C26H34N2O3/c1-28(22-12-15-30-16-13-22)14-17-31-23-9-4-6-20(18-23)19-27-26(29)25-11-5-8-21-7-2-3-10-24(21)25/h2-4,6-7,9-10,18,22,25H,5,8,11-17,19H2,1H3,(H,27,29). The van der Waals surface area contributed by atoms with Crippen LogP contribution in [0.2, 0.25) is 0 Å². The highest BCUT2D eigenvalue weighted by Gasteiger charge is 2.25. The van der Waals surface area contributed by atoms with Gasteiger partial charge in [0.05, 0.1) is 5.92 Å². The van der Waals surface area contributed by atoms with Crippen molar-refractivity contribution in [2.45, 2.75) is 50.6 Å². The first-order valence-electron chi connectivity index (χ1n) is 11.6. The van der Waals surface area contributed by atoms with E-state index in [0.29, 0.717) is 19.2 Å². The first-order chi connectivity index (χ1) is 15.2. The summed E-state index contributed by atoms with van der Waals surface area (Å²) in [6, 6.07) is 17.0. The van der Waals surface area contributed by atoms with Crippen LogP contribution in [0, 0.1) is 0 Å². The average molecular weight is 423 g/mol. The van der Waals surface area contributed by atoms with Gasteiger partial charge in [0, 0.05) is 32.3 Å². The van der Waals surface area contributed by atoms with Gasteiger partial charge in [-0.15, -0.1) is 0 Å². The molecule has 1 aliphatic heterocycles. The molecule has 1 atom stereocenters. The quantitative estimate of drug-likeness (QED) is 0.701. The lowest BCUT2D eigenvalue weighted by molar-refractivity contribution is -0.123. The number of amides is 1. The summed E-state index contributed by atoms with van der Waals surface area (Å²) in [4.78, 5) is 15.2. The summed E-state index contributed by atoms with van der Waals surface area (Å²) < 4.78 is 11.4. The molecule has 2 aromatic carbocycles. The number of aryl methyl sites for hydroxylation is 1. The van der Waals surface area contributed by atoms with E-state index in [9.17, 15) is 4.79 Å². The van der Waals surface area contributed by atoms with Crippen molar-refractivity contribution in [2.75, 3.05) is 33.4 Å². The van der Waals surface area contributed by atoms with Crippen molar-refractivity contribution in [2.24, 2.45) is 0 Å². The predicted octanol–water partition coefficient (Wildman–Crippen LogP) is 3.91. The molecule has 0 bridgehead atoms. The number of likely N-dealkylation sites (N-methyl/N-ethyl adjacent to an activating group) is 1. The van der Waals surface area contributed by atoms with Crippen LogP contribution in [0.15, 0.2) is 48.5 Å². The Morgan fingerprint density at radius 3 is 2.84 bits per heavy atom. The summed E-state index contributed by atoms with van der Waals surface area (Å²) in [5, 5.41) is 3.14. The Morgan fingerprint density at radius 1 is 1.13 bits per heavy atom. The summed E-state index contributed by atoms with van der Waals surface area (Å²) in [5.74, 6) is 0.941. The maximum Gasteiger partial charge on any atom is 0.227 e. The first kappa shape index (κ1) is 21.8. The van der Waals surface area contributed by atoms with Gasteiger partial charge in [0.1, 0.15) is 12.4 Å². The third-order valence-corrected chi connectivity index (χ3v) is 6.58. The maximum atomic E-state index is 12.9. The lowest BCUT2D eigenvalue weighted by Crippen LogP contribution is -2.38. The van der Waals surface area contributed by atoms with E-state index in [4.69, 9.17) is 9.47 Å². The first-order valence-corrected chi connectivity index (χ1v) is 11.6. The van der Waals surface area contributed by atoms with Crippen LogP contribution in [0.4, 0.5) is 0 Å². The van der Waals surface area contributed by atoms with Crippen molar-refractivity contribution in [3.63, 3.8) is 0 Å². The Balaban J connectivity index is 1.25. The molecule has 0 saturated carbocycles. The summed E-state index contributed by atoms with van der Waals surface area (Å²) in [7, 11) is 2.16. The van der Waals surface area contributed by atoms with Crippen molar-refractivity contribution in [1.82, 2.24) is 10.2 Å². The van der Waals surface area contributed by atoms with Gasteiger partial charge in [-0.05, 0) is 68.0 Å². The normalized spacial score (nSPS) is 19.1. The fourth-order valence-electron chi connectivity index (χ4n) is 4.70. The number of carbonyl (C=O) groups is 1. The second-order valence-electron chi connectivity index (χ2n) is 8.68. The summed E-state index contributed by atoms with van der Waals surface area (Å²) >= 11 is 0. The minimum atomic E-state index is -0.0369. The molecular formula is C26H34N2O3. The van der Waals surface area contributed by atoms with E-state index in [-0.39, 0.29) is 11.8 Å². The molecule has 1 N–H and O–H groups in total. The molecule has 1 unspecified atom stereocenters. The lowest BCUT2D eigenvalue weighted by atomic mass is 9.82. The molecule has 1 fully saturated rings. The van der Waals surface area contributed by atoms with E-state index >= 15 is 0 Å². The van der Waals surface area contributed by atoms with Gasteiger partial charge in [-0.25, -0.2) is 0 Å². The smallest absolute Gasteiger partial charge is 0.227 e. The molecule has 1 aliphatic carbocycles. The average Bonchev–Trinajstić information content (AvgIpc) is 2.83. The van der Waals surface area contributed by atoms with Crippen molar-refractivity contribution in [3.05, 3.63) is 65.2 Å². The van der Waals surface area contributed by atoms with Gasteiger partial charge in [0.2, 0.25) is 5.91 Å². The van der Waals surface area contributed by atoms with Gasteiger partial charge < -0.3 is 14.8 Å². The third kappa shape index (κ3) is 5.86. The zero-order valence-electron chi connectivity index (χ0n) is 18.5. The number of nitrogens with zero attached hydrogens (tertiary/aromatic N) is 1. The van der Waals surface area contributed by atoms with Crippen LogP contribution < -0.4 is 10.1 Å². The van der Waals surface area contributed by atoms with Crippen molar-refractivity contribution >= 4 is 5.91 Å². The number of fused-ring (bicyclic) bond motifs is 1. The molecule has 1 amide bonds. The Kier molecular flexibility index (Phi) is 7.60. The Labute approximate surface area is 185 Å². The summed E-state index contributed by atoms with van der Waals surface area (Å²) in [6.45, 7) is 3.79. The van der Waals surface area contributed by atoms with E-state index in [2.05, 4.69) is 35.5 Å². The van der Waals surface area contributed by atoms with E-state index in [1.165, 1.54) is 11.1 Å². The molecule has 0 radical (unpaired) electrons. The number of hydrogen-bond acceptors (Lipinski definition) is 4. The van der Waals surface area contributed by atoms with Gasteiger partial charge in [-0.3, -0.25) is 9.69 Å². The second kappa shape index (κ2) is 10.8. The molecule has 2 aliphatic rings. The van der Waals surface area contributed by atoms with Gasteiger partial charge in [-0.1, -0.05) is 36.4 Å². The largest absolute Gasteiger partial charge is 0.492 e. The van der Waals surface area contributed by atoms with Crippen LogP contribution in [-0.4, -0.2) is 50.3 Å². The van der Waals surface area contributed by atoms with Crippen molar-refractivity contribution in [3.8, 4) is 5.75 Å². The maximum absolute atomic E-state index is 12.9. The van der Waals surface area contributed by atoms with Gasteiger partial charge >= 0.3 is 0 Å². The Morgan fingerprint density at radius 2 is 1.97 bits per heavy atom. The molecule has 0 spiro atoms. The van der Waals surface area contributed by atoms with Gasteiger partial charge in [0.25, 0.3) is 0 Å². The molecule has 2 aromatic rings. The van der Waals surface area contributed by atoms with Crippen LogP contribution in [0.1, 0.15) is 48.3 Å². The fourth-order valence-corrected chi connectivity index (χ4v) is 4.70. The molecule has 5 heteroatoms. The van der Waals surface area contributed by atoms with Crippen LogP contribution in [0.25, 0.3) is 0 Å². The lowest BCUT2D eigenvalue weighted by Gasteiger charge is -2.31. The number of ether oxygens (including phenoxy) is 2. The minimum Gasteiger partial charge on any atom is -0.492 e. The van der Waals surface area contributed by atoms with Gasteiger partial charge in [0.15, 0.2) is 0 Å². The number of carbonyl (C=O) groups excluding carboxylic acids is 1. The highest BCUT2D eigenvalue weighted by atomic mass is 16.5. The second-order valence-corrected chi connectivity index (χ2v) is 8.68. The molecule has 1 saturated heterocycles. The molecule has 0 aromatic heterocycles. The number of rotatable bonds is 8. The van der Waals surface area contributed by atoms with E-state index in [1.54, 1.807) is 0 Å². The highest BCUT2D eigenvalue weighted by Crippen LogP contribution is 2.31. The fraction of sp³-hybridized carbons (Fsp3) is 0.500. The van der Waals surface area contributed by atoms with E-state index < -0.39 is 0 Å². The summed E-state index contributed by atoms with van der Waals surface area (Å²) in [6.07, 6.45) is 5.25. The van der Waals surface area contributed by atoms with Crippen molar-refractivity contribution < 1.29 is 14.3 Å². The van der Waals surface area contributed by atoms with Crippen LogP contribution in [0.3, 0.4) is 0 Å². The number of hydrogen-bond donors (Lipinski definition) is 1. The van der Waals surface area contributed by atoms with Gasteiger partial charge in [-0.2, -0.15) is 0 Å². The van der Waals surface area contributed by atoms with Crippen LogP contribution in [0.5, 0.6) is 5.75 Å². The van der Waals surface area contributed by atoms with Crippen LogP contribution >= 0.6 is 0 Å². The predicted molar refractivity (Wildman–Crippen MR) is 122 cm³/mol. The molecule has 5 nitrogen and oxygen atoms in total. The zero-order valence-corrected chi connectivity index (χ0v) is 18.5. The van der Waals surface area contributed by atoms with E-state index in [0.717, 1.165) is 63.2 Å². The number of nitrogens with one attached hydrogen (secondary N) is 1. The van der Waals surface area contributed by atoms with E-state index in [1.807, 2.05) is 30.3 Å². The topological polar surface area (TPSA) is 50.8 Å². The number of benzene rings is 2. The van der Waals surface area contributed by atoms with Crippen molar-refractivity contribution in [1.29, 1.82) is 0 Å². The molecule has 1 heterocycles.